The Bertz CT molecular complexity index is 1160. The van der Waals surface area contributed by atoms with Crippen LogP contribution in [0.2, 0.25) is 0 Å². The molecule has 3 aromatic rings. The molecule has 6 nitrogen and oxygen atoms in total. The van der Waals surface area contributed by atoms with Gasteiger partial charge in [0.2, 0.25) is 0 Å². The van der Waals surface area contributed by atoms with E-state index >= 15 is 0 Å². The molecule has 0 saturated carbocycles. The van der Waals surface area contributed by atoms with Gasteiger partial charge in [0.15, 0.2) is 0 Å². The number of aryl methyl sites for hydroxylation is 1. The summed E-state index contributed by atoms with van der Waals surface area (Å²) in [5, 5.41) is 11.8. The van der Waals surface area contributed by atoms with Crippen molar-refractivity contribution in [2.24, 2.45) is 7.05 Å². The van der Waals surface area contributed by atoms with Gasteiger partial charge in [0.05, 0.1) is 18.2 Å². The maximum atomic E-state index is 13.3. The van der Waals surface area contributed by atoms with Gasteiger partial charge in [0, 0.05) is 48.9 Å². The molecule has 1 amide bonds. The van der Waals surface area contributed by atoms with Gasteiger partial charge in [-0.1, -0.05) is 18.2 Å². The third kappa shape index (κ3) is 3.17. The molecule has 1 aromatic heterocycles. The zero-order valence-corrected chi connectivity index (χ0v) is 16.6. The molecule has 1 unspecified atom stereocenters. The lowest BCUT2D eigenvalue weighted by molar-refractivity contribution is -0.140. The maximum absolute atomic E-state index is 13.3. The normalized spacial score (nSPS) is 18.5. The maximum Gasteiger partial charge on any atom is 0.295 e. The van der Waals surface area contributed by atoms with Crippen molar-refractivity contribution in [2.45, 2.75) is 6.04 Å². The summed E-state index contributed by atoms with van der Waals surface area (Å²) in [4.78, 5) is 27.2. The van der Waals surface area contributed by atoms with Crippen LogP contribution >= 0.6 is 0 Å². The highest BCUT2D eigenvalue weighted by atomic mass is 19.1. The van der Waals surface area contributed by atoms with E-state index in [1.54, 1.807) is 0 Å². The number of carbonyl (C=O) groups excluding carboxylic acids is 2. The van der Waals surface area contributed by atoms with Crippen LogP contribution < -0.4 is 0 Å². The first-order valence-corrected chi connectivity index (χ1v) is 9.51. The molecule has 1 fully saturated rings. The van der Waals surface area contributed by atoms with Crippen molar-refractivity contribution in [2.75, 3.05) is 20.3 Å². The number of likely N-dealkylation sites (tertiary alicyclic amines) is 1. The van der Waals surface area contributed by atoms with Crippen LogP contribution in [-0.2, 0) is 21.4 Å². The first kappa shape index (κ1) is 19.8. The summed E-state index contributed by atoms with van der Waals surface area (Å²) in [6, 6.07) is 12.0. The highest BCUT2D eigenvalue weighted by Crippen LogP contribution is 2.42. The molecule has 1 N–H and O–H groups in total. The fourth-order valence-corrected chi connectivity index (χ4v) is 3.98. The Balaban J connectivity index is 1.95. The van der Waals surface area contributed by atoms with Gasteiger partial charge in [-0.2, -0.15) is 0 Å². The number of rotatable bonds is 5. The smallest absolute Gasteiger partial charge is 0.295 e. The van der Waals surface area contributed by atoms with Crippen molar-refractivity contribution in [1.82, 2.24) is 9.47 Å². The van der Waals surface area contributed by atoms with Gasteiger partial charge in [-0.25, -0.2) is 4.39 Å². The average molecular weight is 408 g/mol. The molecule has 1 aliphatic rings. The number of ketones is 1. The van der Waals surface area contributed by atoms with Crippen LogP contribution in [-0.4, -0.2) is 46.5 Å². The van der Waals surface area contributed by atoms with Crippen molar-refractivity contribution in [1.29, 1.82) is 0 Å². The standard InChI is InChI=1S/C23H21FN2O4/c1-25-13-17(16-5-3-4-6-18(16)25)20-19(21(27)14-7-9-15(24)10-8-14)22(28)23(29)26(20)11-12-30-2/h3-10,13,20,27H,11-12H2,1-2H3/b21-19+. The van der Waals surface area contributed by atoms with Gasteiger partial charge in [0.1, 0.15) is 11.6 Å². The first-order chi connectivity index (χ1) is 14.4. The van der Waals surface area contributed by atoms with Crippen LogP contribution in [0.3, 0.4) is 0 Å². The molecule has 7 heteroatoms. The predicted molar refractivity (Wildman–Crippen MR) is 110 cm³/mol. The number of nitrogens with zero attached hydrogens (tertiary/aromatic N) is 2. The van der Waals surface area contributed by atoms with Crippen molar-refractivity contribution in [3.05, 3.63) is 77.2 Å². The number of aliphatic hydroxyl groups excluding tert-OH is 1. The van der Waals surface area contributed by atoms with E-state index in [4.69, 9.17) is 4.74 Å². The van der Waals surface area contributed by atoms with Gasteiger partial charge in [-0.15, -0.1) is 0 Å². The lowest BCUT2D eigenvalue weighted by Crippen LogP contribution is -2.32. The molecule has 1 saturated heterocycles. The van der Waals surface area contributed by atoms with E-state index < -0.39 is 23.5 Å². The Morgan fingerprint density at radius 1 is 1.13 bits per heavy atom. The molecule has 0 radical (unpaired) electrons. The van der Waals surface area contributed by atoms with Crippen molar-refractivity contribution in [3.8, 4) is 0 Å². The highest BCUT2D eigenvalue weighted by Gasteiger charge is 2.46. The van der Waals surface area contributed by atoms with Crippen LogP contribution in [0.4, 0.5) is 4.39 Å². The molecular formula is C23H21FN2O4. The number of carbonyl (C=O) groups is 2. The van der Waals surface area contributed by atoms with Gasteiger partial charge in [0.25, 0.3) is 11.7 Å². The summed E-state index contributed by atoms with van der Waals surface area (Å²) < 4.78 is 20.4. The Hall–Kier alpha value is -3.45. The Labute approximate surface area is 172 Å². The number of halogens is 1. The van der Waals surface area contributed by atoms with Crippen LogP contribution in [0, 0.1) is 5.82 Å². The second kappa shape index (κ2) is 7.76. The van der Waals surface area contributed by atoms with Crippen molar-refractivity contribution >= 4 is 28.4 Å². The molecule has 4 rings (SSSR count). The molecule has 30 heavy (non-hydrogen) atoms. The largest absolute Gasteiger partial charge is 0.507 e. The average Bonchev–Trinajstić information content (AvgIpc) is 3.21. The fraction of sp³-hybridized carbons (Fsp3) is 0.217. The second-order valence-electron chi connectivity index (χ2n) is 7.20. The number of fused-ring (bicyclic) bond motifs is 1. The minimum atomic E-state index is -0.781. The second-order valence-corrected chi connectivity index (χ2v) is 7.20. The van der Waals surface area contributed by atoms with E-state index in [1.807, 2.05) is 42.1 Å². The van der Waals surface area contributed by atoms with Crippen LogP contribution in [0.5, 0.6) is 0 Å². The molecule has 2 heterocycles. The zero-order chi connectivity index (χ0) is 21.4. The minimum Gasteiger partial charge on any atom is -0.507 e. The number of aliphatic hydroxyl groups is 1. The number of aromatic nitrogens is 1. The molecule has 154 valence electrons. The Morgan fingerprint density at radius 2 is 1.83 bits per heavy atom. The number of Topliss-reactive ketones (excluding diaryl/α,β-unsaturated/α-hetero) is 1. The molecule has 0 spiro atoms. The number of ether oxygens (including phenoxy) is 1. The SMILES string of the molecule is COCCN1C(=O)C(=O)/C(=C(/O)c2ccc(F)cc2)C1c1cn(C)c2ccccc12. The van der Waals surface area contributed by atoms with Gasteiger partial charge >= 0.3 is 0 Å². The van der Waals surface area contributed by atoms with Gasteiger partial charge in [-0.3, -0.25) is 9.59 Å². The summed E-state index contributed by atoms with van der Waals surface area (Å²) in [7, 11) is 3.40. The summed E-state index contributed by atoms with van der Waals surface area (Å²) >= 11 is 0. The third-order valence-corrected chi connectivity index (χ3v) is 5.42. The summed E-state index contributed by atoms with van der Waals surface area (Å²) in [5.41, 5.74) is 1.92. The topological polar surface area (TPSA) is 71.8 Å². The molecule has 0 bridgehead atoms. The van der Waals surface area contributed by atoms with Crippen LogP contribution in [0.25, 0.3) is 16.7 Å². The fourth-order valence-electron chi connectivity index (χ4n) is 3.98. The number of hydrogen-bond acceptors (Lipinski definition) is 4. The van der Waals surface area contributed by atoms with Crippen molar-refractivity contribution in [3.63, 3.8) is 0 Å². The van der Waals surface area contributed by atoms with Crippen LogP contribution in [0.15, 0.2) is 60.3 Å². The van der Waals surface area contributed by atoms with Crippen molar-refractivity contribution < 1.29 is 23.8 Å². The Morgan fingerprint density at radius 3 is 2.53 bits per heavy atom. The first-order valence-electron chi connectivity index (χ1n) is 9.51. The number of hydrogen-bond donors (Lipinski definition) is 1. The summed E-state index contributed by atoms with van der Waals surface area (Å²) in [6.45, 7) is 0.431. The highest BCUT2D eigenvalue weighted by molar-refractivity contribution is 6.46. The molecular weight excluding hydrogens is 387 g/mol. The Kier molecular flexibility index (Phi) is 5.13. The number of benzene rings is 2. The van der Waals surface area contributed by atoms with Gasteiger partial charge < -0.3 is 19.3 Å². The van der Waals surface area contributed by atoms with Gasteiger partial charge in [-0.05, 0) is 30.3 Å². The summed E-state index contributed by atoms with van der Waals surface area (Å²) in [6.07, 6.45) is 1.86. The van der Waals surface area contributed by atoms with Crippen LogP contribution in [0.1, 0.15) is 17.2 Å². The lowest BCUT2D eigenvalue weighted by Gasteiger charge is -2.24. The van der Waals surface area contributed by atoms with E-state index in [-0.39, 0.29) is 30.0 Å². The van der Waals surface area contributed by atoms with E-state index in [1.165, 1.54) is 36.3 Å². The zero-order valence-electron chi connectivity index (χ0n) is 16.6. The van der Waals surface area contributed by atoms with E-state index in [9.17, 15) is 19.1 Å². The molecule has 0 aliphatic carbocycles. The predicted octanol–water partition coefficient (Wildman–Crippen LogP) is 3.39. The number of methoxy groups -OCH3 is 1. The molecule has 2 aromatic carbocycles. The number of amides is 1. The van der Waals surface area contributed by atoms with E-state index in [0.717, 1.165) is 16.5 Å². The summed E-state index contributed by atoms with van der Waals surface area (Å²) in [5.74, 6) is -2.26. The number of para-hydroxylation sites is 1. The third-order valence-electron chi connectivity index (χ3n) is 5.42. The minimum absolute atomic E-state index is 0.0148. The van der Waals surface area contributed by atoms with E-state index in [2.05, 4.69) is 0 Å². The quantitative estimate of drug-likeness (QED) is 0.399. The molecule has 1 atom stereocenters. The molecule has 1 aliphatic heterocycles. The monoisotopic (exact) mass is 408 g/mol. The lowest BCUT2D eigenvalue weighted by atomic mass is 9.95. The van der Waals surface area contributed by atoms with E-state index in [0.29, 0.717) is 0 Å².